The van der Waals surface area contributed by atoms with Crippen molar-refractivity contribution in [3.05, 3.63) is 64.1 Å². The number of pyridine rings is 1. The third-order valence-electron chi connectivity index (χ3n) is 4.88. The van der Waals surface area contributed by atoms with Crippen molar-refractivity contribution in [3.63, 3.8) is 0 Å². The second-order valence-electron chi connectivity index (χ2n) is 6.72. The molecule has 0 aliphatic rings. The zero-order chi connectivity index (χ0) is 19.7. The SMILES string of the molecule is COc1cc2c(C)cc3n[nH]c(=O)n3c2cc1-c1cccc(CNCCO)c1. The maximum absolute atomic E-state index is 12.3. The highest BCUT2D eigenvalue weighted by Gasteiger charge is 2.14. The number of aromatic nitrogens is 3. The van der Waals surface area contributed by atoms with Gasteiger partial charge in [-0.05, 0) is 47.9 Å². The van der Waals surface area contributed by atoms with Gasteiger partial charge >= 0.3 is 5.69 Å². The van der Waals surface area contributed by atoms with Crippen LogP contribution in [0.1, 0.15) is 11.1 Å². The number of aliphatic hydroxyl groups excluding tert-OH is 1. The van der Waals surface area contributed by atoms with Gasteiger partial charge in [0.15, 0.2) is 5.65 Å². The fraction of sp³-hybridized carbons (Fsp3) is 0.238. The van der Waals surface area contributed by atoms with Gasteiger partial charge in [-0.15, -0.1) is 0 Å². The highest BCUT2D eigenvalue weighted by atomic mass is 16.5. The summed E-state index contributed by atoms with van der Waals surface area (Å²) in [6.07, 6.45) is 0. The molecule has 2 aromatic carbocycles. The van der Waals surface area contributed by atoms with Gasteiger partial charge in [-0.1, -0.05) is 18.2 Å². The first kappa shape index (κ1) is 18.2. The summed E-state index contributed by atoms with van der Waals surface area (Å²) in [6.45, 7) is 3.31. The minimum absolute atomic E-state index is 0.104. The predicted octanol–water partition coefficient (Wildman–Crippen LogP) is 2.24. The lowest BCUT2D eigenvalue weighted by atomic mass is 9.99. The van der Waals surface area contributed by atoms with E-state index in [-0.39, 0.29) is 12.3 Å². The number of aromatic amines is 1. The Labute approximate surface area is 161 Å². The molecule has 0 atom stereocenters. The molecule has 0 amide bonds. The van der Waals surface area contributed by atoms with Crippen LogP contribution in [0.2, 0.25) is 0 Å². The van der Waals surface area contributed by atoms with Crippen LogP contribution in [0.5, 0.6) is 5.75 Å². The van der Waals surface area contributed by atoms with Crippen LogP contribution in [-0.4, -0.2) is 40.0 Å². The lowest BCUT2D eigenvalue weighted by Crippen LogP contribution is -2.17. The number of nitrogens with zero attached hydrogens (tertiary/aromatic N) is 2. The lowest BCUT2D eigenvalue weighted by Gasteiger charge is -2.14. The summed E-state index contributed by atoms with van der Waals surface area (Å²) in [5, 5.41) is 19.7. The third-order valence-corrected chi connectivity index (χ3v) is 4.88. The molecule has 0 aliphatic carbocycles. The maximum Gasteiger partial charge on any atom is 0.348 e. The highest BCUT2D eigenvalue weighted by molar-refractivity contribution is 5.92. The van der Waals surface area contributed by atoms with E-state index in [1.807, 2.05) is 43.3 Å². The van der Waals surface area contributed by atoms with Crippen LogP contribution in [0.3, 0.4) is 0 Å². The molecule has 0 radical (unpaired) electrons. The molecule has 2 aromatic heterocycles. The van der Waals surface area contributed by atoms with Crippen LogP contribution in [0.4, 0.5) is 0 Å². The molecule has 28 heavy (non-hydrogen) atoms. The van der Waals surface area contributed by atoms with E-state index in [9.17, 15) is 4.79 Å². The Morgan fingerprint density at radius 3 is 2.89 bits per heavy atom. The van der Waals surface area contributed by atoms with Crippen LogP contribution in [0, 0.1) is 6.92 Å². The molecule has 0 saturated heterocycles. The number of fused-ring (bicyclic) bond motifs is 3. The Morgan fingerprint density at radius 2 is 2.11 bits per heavy atom. The number of benzene rings is 2. The van der Waals surface area contributed by atoms with Gasteiger partial charge in [0.1, 0.15) is 5.75 Å². The van der Waals surface area contributed by atoms with E-state index in [0.717, 1.165) is 38.9 Å². The largest absolute Gasteiger partial charge is 0.496 e. The maximum atomic E-state index is 12.3. The molecule has 144 valence electrons. The van der Waals surface area contributed by atoms with E-state index < -0.39 is 0 Å². The van der Waals surface area contributed by atoms with Crippen molar-refractivity contribution in [1.29, 1.82) is 0 Å². The second kappa shape index (κ2) is 7.46. The Hall–Kier alpha value is -3.16. The van der Waals surface area contributed by atoms with Crippen LogP contribution >= 0.6 is 0 Å². The number of ether oxygens (including phenoxy) is 1. The molecule has 4 rings (SSSR count). The lowest BCUT2D eigenvalue weighted by molar-refractivity contribution is 0.292. The molecule has 0 saturated carbocycles. The summed E-state index contributed by atoms with van der Waals surface area (Å²) >= 11 is 0. The van der Waals surface area contributed by atoms with Gasteiger partial charge in [-0.3, -0.25) is 0 Å². The number of H-pyrrole nitrogens is 1. The Kier molecular flexibility index (Phi) is 4.85. The Balaban J connectivity index is 1.91. The predicted molar refractivity (Wildman–Crippen MR) is 109 cm³/mol. The zero-order valence-electron chi connectivity index (χ0n) is 15.8. The highest BCUT2D eigenvalue weighted by Crippen LogP contribution is 2.35. The molecule has 2 heterocycles. The molecule has 7 nitrogen and oxygen atoms in total. The first-order valence-corrected chi connectivity index (χ1v) is 9.11. The van der Waals surface area contributed by atoms with Crippen molar-refractivity contribution in [1.82, 2.24) is 19.9 Å². The van der Waals surface area contributed by atoms with Crippen molar-refractivity contribution < 1.29 is 9.84 Å². The molecular formula is C21H22N4O3. The molecule has 0 fully saturated rings. The van der Waals surface area contributed by atoms with Crippen LogP contribution < -0.4 is 15.7 Å². The van der Waals surface area contributed by atoms with Crippen molar-refractivity contribution in [2.75, 3.05) is 20.3 Å². The second-order valence-corrected chi connectivity index (χ2v) is 6.72. The molecular weight excluding hydrogens is 356 g/mol. The molecule has 0 unspecified atom stereocenters. The number of nitrogens with one attached hydrogen (secondary N) is 2. The topological polar surface area (TPSA) is 91.7 Å². The van der Waals surface area contributed by atoms with Gasteiger partial charge in [0.25, 0.3) is 0 Å². The molecule has 0 aliphatic heterocycles. The first-order chi connectivity index (χ1) is 13.6. The fourth-order valence-electron chi connectivity index (χ4n) is 3.53. The van der Waals surface area contributed by atoms with Crippen molar-refractivity contribution in [3.8, 4) is 16.9 Å². The van der Waals surface area contributed by atoms with Gasteiger partial charge < -0.3 is 15.2 Å². The van der Waals surface area contributed by atoms with Crippen LogP contribution in [0.15, 0.2) is 47.3 Å². The Bertz CT molecular complexity index is 1210. The number of methoxy groups -OCH3 is 1. The minimum Gasteiger partial charge on any atom is -0.496 e. The van der Waals surface area contributed by atoms with Crippen LogP contribution in [-0.2, 0) is 6.54 Å². The van der Waals surface area contributed by atoms with Gasteiger partial charge in [-0.25, -0.2) is 14.3 Å². The third kappa shape index (κ3) is 3.15. The average Bonchev–Trinajstić information content (AvgIpc) is 3.08. The smallest absolute Gasteiger partial charge is 0.348 e. The summed E-state index contributed by atoms with van der Waals surface area (Å²) < 4.78 is 7.25. The summed E-state index contributed by atoms with van der Waals surface area (Å²) in [5.41, 5.74) is 5.13. The minimum atomic E-state index is -0.266. The van der Waals surface area contributed by atoms with E-state index in [1.54, 1.807) is 11.5 Å². The summed E-state index contributed by atoms with van der Waals surface area (Å²) in [4.78, 5) is 12.3. The van der Waals surface area contributed by atoms with Crippen molar-refractivity contribution in [2.24, 2.45) is 0 Å². The molecule has 4 aromatic rings. The average molecular weight is 378 g/mol. The molecule has 3 N–H and O–H groups in total. The number of aliphatic hydroxyl groups is 1. The van der Waals surface area contributed by atoms with E-state index in [2.05, 4.69) is 21.6 Å². The molecule has 0 bridgehead atoms. The van der Waals surface area contributed by atoms with E-state index in [1.165, 1.54) is 0 Å². The van der Waals surface area contributed by atoms with Crippen LogP contribution in [0.25, 0.3) is 27.7 Å². The Morgan fingerprint density at radius 1 is 1.25 bits per heavy atom. The first-order valence-electron chi connectivity index (χ1n) is 9.11. The monoisotopic (exact) mass is 378 g/mol. The summed E-state index contributed by atoms with van der Waals surface area (Å²) in [7, 11) is 1.65. The number of aryl methyl sites for hydroxylation is 1. The van der Waals surface area contributed by atoms with Gasteiger partial charge in [0, 0.05) is 24.0 Å². The summed E-state index contributed by atoms with van der Waals surface area (Å²) in [6, 6.07) is 14.0. The molecule has 7 heteroatoms. The fourth-order valence-corrected chi connectivity index (χ4v) is 3.53. The number of hydrogen-bond donors (Lipinski definition) is 3. The number of rotatable bonds is 6. The number of hydrogen-bond acceptors (Lipinski definition) is 5. The van der Waals surface area contributed by atoms with Gasteiger partial charge in [0.2, 0.25) is 0 Å². The van der Waals surface area contributed by atoms with E-state index in [4.69, 9.17) is 9.84 Å². The zero-order valence-corrected chi connectivity index (χ0v) is 15.8. The van der Waals surface area contributed by atoms with Crippen molar-refractivity contribution >= 4 is 16.6 Å². The molecule has 0 spiro atoms. The van der Waals surface area contributed by atoms with Gasteiger partial charge in [-0.2, -0.15) is 5.10 Å². The van der Waals surface area contributed by atoms with Crippen molar-refractivity contribution in [2.45, 2.75) is 13.5 Å². The van der Waals surface area contributed by atoms with Gasteiger partial charge in [0.05, 0.1) is 19.2 Å². The standard InChI is InChI=1S/C21H22N4O3/c1-13-8-20-23-24-21(27)25(20)18-10-17(19(28-2)11-16(13)18)15-5-3-4-14(9-15)12-22-6-7-26/h3-5,8-11,22,26H,6-7,12H2,1-2H3,(H,24,27). The normalized spacial score (nSPS) is 11.4. The van der Waals surface area contributed by atoms with E-state index >= 15 is 0 Å². The van der Waals surface area contributed by atoms with E-state index in [0.29, 0.717) is 18.7 Å². The summed E-state index contributed by atoms with van der Waals surface area (Å²) in [5.74, 6) is 0.743. The quantitative estimate of drug-likeness (QED) is 0.448.